The van der Waals surface area contributed by atoms with E-state index in [1.807, 2.05) is 18.2 Å². The lowest BCUT2D eigenvalue weighted by atomic mass is 9.81. The van der Waals surface area contributed by atoms with Crippen LogP contribution in [0.2, 0.25) is 0 Å². The number of aliphatic imine (C=N–C) groups is 1. The Kier molecular flexibility index (Phi) is 11.0. The van der Waals surface area contributed by atoms with Crippen molar-refractivity contribution in [2.24, 2.45) is 10.1 Å². The van der Waals surface area contributed by atoms with Crippen LogP contribution in [0, 0.1) is 0 Å². The number of ether oxygens (including phenoxy) is 2. The van der Waals surface area contributed by atoms with E-state index >= 15 is 0 Å². The number of hydrogen-bond donors (Lipinski definition) is 3. The minimum atomic E-state index is -4.47. The second-order valence-electron chi connectivity index (χ2n) is 10.8. The topological polar surface area (TPSA) is 141 Å². The molecule has 0 spiro atoms. The number of amides is 1. The molecule has 14 heteroatoms. The monoisotopic (exact) mass is 722 g/mol. The van der Waals surface area contributed by atoms with Crippen LogP contribution in [0.4, 0.5) is 18.9 Å². The lowest BCUT2D eigenvalue weighted by Crippen LogP contribution is -2.53. The van der Waals surface area contributed by atoms with E-state index in [9.17, 15) is 23.5 Å². The molecule has 1 aliphatic heterocycles. The molecule has 0 aliphatic carbocycles. The first-order chi connectivity index (χ1) is 23.1. The van der Waals surface area contributed by atoms with Gasteiger partial charge in [0, 0.05) is 52.2 Å². The summed E-state index contributed by atoms with van der Waals surface area (Å²) in [7, 11) is 0. The van der Waals surface area contributed by atoms with Crippen molar-refractivity contribution in [2.75, 3.05) is 13.2 Å². The molecule has 0 aromatic heterocycles. The Morgan fingerprint density at radius 3 is 2.44 bits per heavy atom. The summed E-state index contributed by atoms with van der Waals surface area (Å²) >= 11 is 3.59. The number of rotatable bonds is 13. The summed E-state index contributed by atoms with van der Waals surface area (Å²) in [5.74, 6) is 0.162. The number of hydrogen-bond acceptors (Lipinski definition) is 7. The van der Waals surface area contributed by atoms with E-state index in [0.29, 0.717) is 51.2 Å². The molecule has 3 N–H and O–H groups in total. The van der Waals surface area contributed by atoms with Gasteiger partial charge in [0.1, 0.15) is 5.75 Å². The Hall–Kier alpha value is -4.88. The number of halogens is 4. The van der Waals surface area contributed by atoms with Gasteiger partial charge in [-0.3, -0.25) is 10.2 Å². The quantitative estimate of drug-likeness (QED) is 0.0431. The van der Waals surface area contributed by atoms with Gasteiger partial charge in [-0.05, 0) is 59.1 Å². The lowest BCUT2D eigenvalue weighted by molar-refractivity contribution is -0.137. The molecule has 4 aromatic rings. The van der Waals surface area contributed by atoms with Gasteiger partial charge in [-0.25, -0.2) is 10.4 Å². The summed E-state index contributed by atoms with van der Waals surface area (Å²) in [6.07, 6.45) is -5.01. The predicted octanol–water partition coefficient (Wildman–Crippen LogP) is 7.49. The molecule has 48 heavy (non-hydrogen) atoms. The van der Waals surface area contributed by atoms with Crippen LogP contribution in [0.3, 0.4) is 0 Å². The van der Waals surface area contributed by atoms with Gasteiger partial charge in [-0.1, -0.05) is 75.6 Å². The summed E-state index contributed by atoms with van der Waals surface area (Å²) in [4.78, 5) is 22.3. The van der Waals surface area contributed by atoms with Crippen LogP contribution < -0.4 is 15.6 Å². The largest absolute Gasteiger partial charge is 0.494 e. The van der Waals surface area contributed by atoms with Crippen molar-refractivity contribution in [2.45, 2.75) is 37.2 Å². The second kappa shape index (κ2) is 15.3. The van der Waals surface area contributed by atoms with E-state index in [4.69, 9.17) is 19.6 Å². The minimum Gasteiger partial charge on any atom is -0.494 e. The van der Waals surface area contributed by atoms with Gasteiger partial charge in [0.15, 0.2) is 11.6 Å². The normalized spacial score (nSPS) is 17.2. The molecule has 10 nitrogen and oxygen atoms in total. The minimum absolute atomic E-state index is 0.00527. The zero-order valence-electron chi connectivity index (χ0n) is 25.3. The van der Waals surface area contributed by atoms with E-state index in [1.165, 1.54) is 12.1 Å². The molecule has 248 valence electrons. The highest BCUT2D eigenvalue weighted by Gasteiger charge is 2.54. The molecule has 1 aliphatic rings. The molecule has 0 saturated carbocycles. The fraction of sp³-hybridized carbons (Fsp3) is 0.235. The van der Waals surface area contributed by atoms with Crippen LogP contribution in [0.25, 0.3) is 10.4 Å². The van der Waals surface area contributed by atoms with Crippen LogP contribution >= 0.6 is 15.9 Å². The SMILES string of the molecule is [N-]=[N+]=Nc1ccccc1C[C@]1(C(=O)NNCc2ccc(C(F)(F)F)cc2)N=C(c2ccc(OCCCO)cc2)O[C@H]1c1ccccc1Br. The molecule has 5 rings (SSSR count). The van der Waals surface area contributed by atoms with Gasteiger partial charge in [-0.15, -0.1) is 0 Å². The summed E-state index contributed by atoms with van der Waals surface area (Å²) in [5, 5.41) is 12.9. The van der Waals surface area contributed by atoms with Gasteiger partial charge in [0.25, 0.3) is 5.91 Å². The maximum absolute atomic E-state index is 14.4. The predicted molar refractivity (Wildman–Crippen MR) is 176 cm³/mol. The summed E-state index contributed by atoms with van der Waals surface area (Å²) < 4.78 is 52.0. The van der Waals surface area contributed by atoms with Gasteiger partial charge in [0.2, 0.25) is 5.90 Å². The van der Waals surface area contributed by atoms with Crippen LogP contribution in [0.5, 0.6) is 5.75 Å². The molecule has 4 aromatic carbocycles. The number of carbonyl (C=O) groups is 1. The molecular weight excluding hydrogens is 693 g/mol. The molecule has 2 atom stereocenters. The first-order valence-corrected chi connectivity index (χ1v) is 15.6. The van der Waals surface area contributed by atoms with Crippen molar-refractivity contribution in [3.63, 3.8) is 0 Å². The average Bonchev–Trinajstić information content (AvgIpc) is 3.46. The average molecular weight is 724 g/mol. The Morgan fingerprint density at radius 1 is 1.04 bits per heavy atom. The fourth-order valence-corrected chi connectivity index (χ4v) is 5.68. The number of alkyl halides is 3. The summed E-state index contributed by atoms with van der Waals surface area (Å²) in [6.45, 7) is 0.361. The third-order valence-electron chi connectivity index (χ3n) is 7.60. The Bertz CT molecular complexity index is 1820. The lowest BCUT2D eigenvalue weighted by Gasteiger charge is -2.31. The van der Waals surface area contributed by atoms with Crippen molar-refractivity contribution >= 4 is 33.4 Å². The number of nitrogens with zero attached hydrogens (tertiary/aromatic N) is 4. The zero-order chi connectivity index (χ0) is 34.1. The Labute approximate surface area is 282 Å². The highest BCUT2D eigenvalue weighted by Crippen LogP contribution is 2.45. The Morgan fingerprint density at radius 2 is 1.75 bits per heavy atom. The molecule has 1 amide bonds. The number of aliphatic hydroxyl groups excluding tert-OH is 1. The van der Waals surface area contributed by atoms with E-state index < -0.39 is 29.3 Å². The van der Waals surface area contributed by atoms with Gasteiger partial charge in [-0.2, -0.15) is 13.2 Å². The van der Waals surface area contributed by atoms with Crippen molar-refractivity contribution in [3.8, 4) is 5.75 Å². The third kappa shape index (κ3) is 7.97. The maximum atomic E-state index is 14.4. The van der Waals surface area contributed by atoms with Crippen molar-refractivity contribution in [1.82, 2.24) is 10.9 Å². The summed E-state index contributed by atoms with van der Waals surface area (Å²) in [6, 6.07) is 25.6. The van der Waals surface area contributed by atoms with E-state index in [0.717, 1.165) is 12.1 Å². The van der Waals surface area contributed by atoms with Crippen LogP contribution in [-0.4, -0.2) is 35.7 Å². The van der Waals surface area contributed by atoms with Crippen LogP contribution in [-0.2, 0) is 28.7 Å². The van der Waals surface area contributed by atoms with Gasteiger partial charge >= 0.3 is 6.18 Å². The maximum Gasteiger partial charge on any atom is 0.416 e. The van der Waals surface area contributed by atoms with Crippen molar-refractivity contribution < 1.29 is 32.5 Å². The first kappa shape index (κ1) is 34.5. The van der Waals surface area contributed by atoms with Crippen molar-refractivity contribution in [3.05, 3.63) is 140 Å². The first-order valence-electron chi connectivity index (χ1n) is 14.8. The van der Waals surface area contributed by atoms with E-state index in [2.05, 4.69) is 36.8 Å². The highest BCUT2D eigenvalue weighted by atomic mass is 79.9. The smallest absolute Gasteiger partial charge is 0.416 e. The van der Waals surface area contributed by atoms with Crippen molar-refractivity contribution in [1.29, 1.82) is 0 Å². The number of hydrazine groups is 1. The van der Waals surface area contributed by atoms with Crippen LogP contribution in [0.1, 0.15) is 40.3 Å². The molecule has 0 unspecified atom stereocenters. The van der Waals surface area contributed by atoms with Gasteiger partial charge in [0.05, 0.1) is 12.2 Å². The van der Waals surface area contributed by atoms with E-state index in [-0.39, 0.29) is 25.5 Å². The Balaban J connectivity index is 1.53. The molecule has 0 fully saturated rings. The molecule has 0 radical (unpaired) electrons. The highest BCUT2D eigenvalue weighted by molar-refractivity contribution is 9.10. The number of azide groups is 1. The second-order valence-corrected chi connectivity index (χ2v) is 11.7. The molecule has 1 heterocycles. The fourth-order valence-electron chi connectivity index (χ4n) is 5.19. The van der Waals surface area contributed by atoms with E-state index in [1.54, 1.807) is 54.6 Å². The molecular formula is C34H30BrF3N6O4. The molecule has 0 saturated heterocycles. The number of benzene rings is 4. The number of aliphatic hydroxyl groups is 1. The summed E-state index contributed by atoms with van der Waals surface area (Å²) in [5.41, 5.74) is 14.9. The molecule has 0 bridgehead atoms. The zero-order valence-corrected chi connectivity index (χ0v) is 26.9. The number of carbonyl (C=O) groups excluding carboxylic acids is 1. The number of nitrogens with one attached hydrogen (secondary N) is 2. The van der Waals surface area contributed by atoms with Crippen LogP contribution in [0.15, 0.2) is 112 Å². The standard InChI is InChI=1S/C34H30BrF3N6O4/c35-28-8-3-2-7-27(28)30-33(20-24-6-1-4-9-29(24)42-44-39,32(46)43-40-21-22-10-14-25(15-11-22)34(36,37)38)41-31(48-30)23-12-16-26(17-13-23)47-19-5-18-45/h1-4,6-17,30,40,45H,5,18-21H2,(H,43,46)/t30-,33-/m0/s1. The third-order valence-corrected chi connectivity index (χ3v) is 8.32. The van der Waals surface area contributed by atoms with Gasteiger partial charge < -0.3 is 14.6 Å².